The van der Waals surface area contributed by atoms with Crippen molar-refractivity contribution in [3.05, 3.63) is 46.6 Å². The zero-order valence-corrected chi connectivity index (χ0v) is 10.6. The Morgan fingerprint density at radius 2 is 1.42 bits per heavy atom. The van der Waals surface area contributed by atoms with Crippen molar-refractivity contribution in [2.75, 3.05) is 0 Å². The molecule has 0 aliphatic heterocycles. The zero-order chi connectivity index (χ0) is 5.66. The van der Waals surface area contributed by atoms with E-state index in [9.17, 15) is 0 Å². The van der Waals surface area contributed by atoms with Crippen LogP contribution in [0.1, 0.15) is 25.7 Å². The SMILES string of the molecule is [C-]1=CCC/C=C\CC1.[CH3-].[CH3-].[CH3-].[Pt+4]. The Bertz CT molecular complexity index is 77.6. The molecule has 0 aromatic carbocycles. The minimum atomic E-state index is 0. The van der Waals surface area contributed by atoms with Crippen LogP contribution < -0.4 is 0 Å². The molecule has 1 aliphatic rings. The maximum absolute atomic E-state index is 3.21. The summed E-state index contributed by atoms with van der Waals surface area (Å²) in [7, 11) is 0. The third-order valence-electron chi connectivity index (χ3n) is 1.24. The van der Waals surface area contributed by atoms with Crippen LogP contribution in [-0.4, -0.2) is 0 Å². The van der Waals surface area contributed by atoms with Crippen LogP contribution in [0.15, 0.2) is 18.2 Å². The van der Waals surface area contributed by atoms with Crippen molar-refractivity contribution in [1.82, 2.24) is 0 Å². The van der Waals surface area contributed by atoms with Gasteiger partial charge >= 0.3 is 21.1 Å². The van der Waals surface area contributed by atoms with E-state index in [1.54, 1.807) is 0 Å². The fourth-order valence-electron chi connectivity index (χ4n) is 0.786. The average Bonchev–Trinajstić information content (AvgIpc) is 1.62. The van der Waals surface area contributed by atoms with Crippen LogP contribution in [0.2, 0.25) is 0 Å². The van der Waals surface area contributed by atoms with Gasteiger partial charge in [-0.3, -0.25) is 6.08 Å². The molecule has 0 aromatic heterocycles. The molecule has 0 unspecified atom stereocenters. The second kappa shape index (κ2) is 17.3. The Morgan fingerprint density at radius 1 is 0.833 bits per heavy atom. The van der Waals surface area contributed by atoms with Gasteiger partial charge < -0.3 is 28.4 Å². The van der Waals surface area contributed by atoms with Gasteiger partial charge in [-0.05, 0) is 6.42 Å². The molecular weight excluding hydrogens is 327 g/mol. The van der Waals surface area contributed by atoms with E-state index in [1.807, 2.05) is 0 Å². The van der Waals surface area contributed by atoms with E-state index in [2.05, 4.69) is 24.3 Å². The van der Waals surface area contributed by atoms with Gasteiger partial charge in [0.05, 0.1) is 0 Å². The average molecular weight is 347 g/mol. The topological polar surface area (TPSA) is 0 Å². The summed E-state index contributed by atoms with van der Waals surface area (Å²) in [5, 5.41) is 0. The van der Waals surface area contributed by atoms with Crippen LogP contribution in [0.25, 0.3) is 0 Å². The maximum atomic E-state index is 3.21. The van der Waals surface area contributed by atoms with Gasteiger partial charge in [-0.15, -0.1) is 0 Å². The van der Waals surface area contributed by atoms with E-state index in [0.29, 0.717) is 0 Å². The third-order valence-corrected chi connectivity index (χ3v) is 1.24. The van der Waals surface area contributed by atoms with Crippen LogP contribution in [0.5, 0.6) is 0 Å². The molecule has 0 N–H and O–H groups in total. The van der Waals surface area contributed by atoms with Gasteiger partial charge in [-0.2, -0.15) is 6.42 Å². The fraction of sp³-hybridized carbons (Fsp3) is 0.364. The molecule has 0 bridgehead atoms. The Kier molecular flexibility index (Phi) is 32.8. The molecule has 0 radical (unpaired) electrons. The van der Waals surface area contributed by atoms with Gasteiger partial charge in [0, 0.05) is 0 Å². The predicted molar refractivity (Wildman–Crippen MR) is 54.7 cm³/mol. The molecule has 0 heterocycles. The van der Waals surface area contributed by atoms with E-state index >= 15 is 0 Å². The van der Waals surface area contributed by atoms with E-state index in [0.717, 1.165) is 6.42 Å². The number of hydrogen-bond acceptors (Lipinski definition) is 0. The molecule has 0 aromatic rings. The van der Waals surface area contributed by atoms with Crippen LogP contribution in [0.3, 0.4) is 0 Å². The molecule has 74 valence electrons. The maximum Gasteiger partial charge on any atom is 4.00 e. The molecular formula is C11H20Pt. The number of allylic oxidation sites excluding steroid dienone is 4. The smallest absolute Gasteiger partial charge is 0.500 e. The fourth-order valence-corrected chi connectivity index (χ4v) is 0.786. The minimum absolute atomic E-state index is 0. The summed E-state index contributed by atoms with van der Waals surface area (Å²) < 4.78 is 0. The Balaban J connectivity index is -0.0000000800. The van der Waals surface area contributed by atoms with Gasteiger partial charge in [0.2, 0.25) is 0 Å². The Morgan fingerprint density at radius 3 is 2.08 bits per heavy atom. The number of hydrogen-bond donors (Lipinski definition) is 0. The zero-order valence-electron chi connectivity index (χ0n) is 8.38. The quantitative estimate of drug-likeness (QED) is 0.462. The molecule has 0 nitrogen and oxygen atoms in total. The molecule has 0 fully saturated rings. The molecule has 0 saturated heterocycles. The first-order chi connectivity index (χ1) is 4.00. The Hall–Kier alpha value is 0.168. The molecule has 0 amide bonds. The van der Waals surface area contributed by atoms with Crippen molar-refractivity contribution in [1.29, 1.82) is 0 Å². The van der Waals surface area contributed by atoms with E-state index in [-0.39, 0.29) is 43.3 Å². The van der Waals surface area contributed by atoms with Crippen LogP contribution in [0.4, 0.5) is 0 Å². The van der Waals surface area contributed by atoms with Crippen molar-refractivity contribution in [3.63, 3.8) is 0 Å². The summed E-state index contributed by atoms with van der Waals surface area (Å²) in [4.78, 5) is 0. The first-order valence-electron chi connectivity index (χ1n) is 3.20. The second-order valence-corrected chi connectivity index (χ2v) is 2.00. The number of rotatable bonds is 0. The van der Waals surface area contributed by atoms with Crippen LogP contribution >= 0.6 is 0 Å². The van der Waals surface area contributed by atoms with Gasteiger partial charge in [0.25, 0.3) is 0 Å². The predicted octanol–water partition coefficient (Wildman–Crippen LogP) is 3.82. The minimum Gasteiger partial charge on any atom is -0.500 e. The summed E-state index contributed by atoms with van der Waals surface area (Å²) in [5.41, 5.74) is 0. The monoisotopic (exact) mass is 347 g/mol. The van der Waals surface area contributed by atoms with Crippen molar-refractivity contribution in [2.24, 2.45) is 0 Å². The summed E-state index contributed by atoms with van der Waals surface area (Å²) in [6, 6.07) is 0. The molecule has 1 rings (SSSR count). The van der Waals surface area contributed by atoms with Gasteiger partial charge in [-0.1, -0.05) is 25.0 Å². The second-order valence-electron chi connectivity index (χ2n) is 2.00. The van der Waals surface area contributed by atoms with Gasteiger partial charge in [0.1, 0.15) is 0 Å². The standard InChI is InChI=1S/C8H11.3CH3.Pt/c1-2-4-6-8-7-5-3-1;;;;/h1-2,7H,3-6H2;3*1H3;/q4*-1;+4/b2-1-;;;;. The van der Waals surface area contributed by atoms with Crippen molar-refractivity contribution in [2.45, 2.75) is 25.7 Å². The summed E-state index contributed by atoms with van der Waals surface area (Å²) in [6.45, 7) is 0. The van der Waals surface area contributed by atoms with E-state index < -0.39 is 0 Å². The molecule has 0 atom stereocenters. The van der Waals surface area contributed by atoms with Crippen LogP contribution in [-0.2, 0) is 21.1 Å². The van der Waals surface area contributed by atoms with E-state index in [1.165, 1.54) is 19.3 Å². The first kappa shape index (κ1) is 22.7. The van der Waals surface area contributed by atoms with Gasteiger partial charge in [-0.25, -0.2) is 0 Å². The molecule has 0 saturated carbocycles. The summed E-state index contributed by atoms with van der Waals surface area (Å²) in [6.07, 6.45) is 14.5. The molecule has 12 heavy (non-hydrogen) atoms. The van der Waals surface area contributed by atoms with Crippen molar-refractivity contribution < 1.29 is 21.1 Å². The van der Waals surface area contributed by atoms with E-state index in [4.69, 9.17) is 0 Å². The van der Waals surface area contributed by atoms with Crippen molar-refractivity contribution in [3.8, 4) is 0 Å². The molecule has 1 aliphatic carbocycles. The summed E-state index contributed by atoms with van der Waals surface area (Å²) in [5.74, 6) is 0. The molecule has 1 heteroatoms. The molecule has 0 spiro atoms. The normalized spacial score (nSPS) is 16.0. The third kappa shape index (κ3) is 12.8. The summed E-state index contributed by atoms with van der Waals surface area (Å²) >= 11 is 0. The van der Waals surface area contributed by atoms with Crippen LogP contribution in [0, 0.1) is 28.4 Å². The van der Waals surface area contributed by atoms with Gasteiger partial charge in [0.15, 0.2) is 0 Å². The Labute approximate surface area is 93.4 Å². The first-order valence-corrected chi connectivity index (χ1v) is 3.20. The largest absolute Gasteiger partial charge is 4.00 e. The van der Waals surface area contributed by atoms with Crippen molar-refractivity contribution >= 4 is 0 Å².